The quantitative estimate of drug-likeness (QED) is 0.576. The van der Waals surface area contributed by atoms with Gasteiger partial charge in [-0.05, 0) is 57.3 Å². The van der Waals surface area contributed by atoms with E-state index in [1.54, 1.807) is 0 Å². The molecule has 7 nitrogen and oxygen atoms in total. The number of hydrogen-bond donors (Lipinski definition) is 2. The molecule has 1 unspecified atom stereocenters. The normalized spacial score (nSPS) is 30.2. The number of nitrogens with one attached hydrogen (secondary N) is 1. The fourth-order valence-electron chi connectivity index (χ4n) is 7.09. The predicted octanol–water partition coefficient (Wildman–Crippen LogP) is 3.60. The lowest BCUT2D eigenvalue weighted by Gasteiger charge is -2.41. The molecule has 3 rings (SSSR count). The average Bonchev–Trinajstić information content (AvgIpc) is 3.21. The fourth-order valence-corrected chi connectivity index (χ4v) is 7.09. The van der Waals surface area contributed by atoms with Gasteiger partial charge in [-0.3, -0.25) is 19.3 Å². The van der Waals surface area contributed by atoms with Crippen molar-refractivity contribution >= 4 is 17.8 Å². The minimum Gasteiger partial charge on any atom is -0.481 e. The van der Waals surface area contributed by atoms with Crippen molar-refractivity contribution in [1.82, 2.24) is 10.2 Å². The van der Waals surface area contributed by atoms with E-state index in [1.807, 2.05) is 0 Å². The molecule has 0 radical (unpaired) electrons. The molecular weight excluding hydrogens is 408 g/mol. The van der Waals surface area contributed by atoms with E-state index in [0.29, 0.717) is 6.42 Å². The summed E-state index contributed by atoms with van der Waals surface area (Å²) < 4.78 is 5.01. The Morgan fingerprint density at radius 3 is 2.03 bits per heavy atom. The first-order chi connectivity index (χ1) is 14.9. The second kappa shape index (κ2) is 9.32. The van der Waals surface area contributed by atoms with Crippen molar-refractivity contribution in [1.29, 1.82) is 0 Å². The molecule has 3 fully saturated rings. The number of carboxylic acids is 1. The minimum absolute atomic E-state index is 0.0160. The third-order valence-electron chi connectivity index (χ3n) is 7.62. The molecule has 2 N–H and O–H groups in total. The third-order valence-corrected chi connectivity index (χ3v) is 7.62. The summed E-state index contributed by atoms with van der Waals surface area (Å²) in [6, 6.07) is -0.953. The highest BCUT2D eigenvalue weighted by molar-refractivity contribution is 5.86. The highest BCUT2D eigenvalue weighted by Gasteiger charge is 2.62. The summed E-state index contributed by atoms with van der Waals surface area (Å²) >= 11 is 0. The number of carbonyl (C=O) groups is 3. The zero-order valence-corrected chi connectivity index (χ0v) is 20.6. The number of nitrogens with zero attached hydrogens (tertiary/aromatic N) is 1. The second-order valence-electron chi connectivity index (χ2n) is 12.0. The molecule has 2 heterocycles. The van der Waals surface area contributed by atoms with Gasteiger partial charge in [0, 0.05) is 17.6 Å². The average molecular weight is 451 g/mol. The Morgan fingerprint density at radius 1 is 0.969 bits per heavy atom. The Morgan fingerprint density at radius 2 is 1.53 bits per heavy atom. The van der Waals surface area contributed by atoms with Gasteiger partial charge in [-0.2, -0.15) is 0 Å². The van der Waals surface area contributed by atoms with Crippen LogP contribution < -0.4 is 5.32 Å². The van der Waals surface area contributed by atoms with Crippen molar-refractivity contribution in [3.63, 3.8) is 0 Å². The maximum atomic E-state index is 13.9. The Bertz CT molecular complexity index is 722. The van der Waals surface area contributed by atoms with Crippen molar-refractivity contribution in [2.45, 2.75) is 110 Å². The molecule has 2 saturated heterocycles. The van der Waals surface area contributed by atoms with Crippen LogP contribution in [0.15, 0.2) is 0 Å². The molecule has 0 aromatic carbocycles. The van der Waals surface area contributed by atoms with Crippen LogP contribution in [0.1, 0.15) is 86.0 Å². The van der Waals surface area contributed by atoms with Crippen LogP contribution in [-0.2, 0) is 19.1 Å². The van der Waals surface area contributed by atoms with Crippen LogP contribution in [0.3, 0.4) is 0 Å². The monoisotopic (exact) mass is 450 g/mol. The SMILES string of the molecule is COC(=O)[C@H]1[C@H](C(=O)O)[C@@H]2CC[C@H]1N2C(C(=O)NC(C)(C)CC(C)(C)C)C1CCCCC1. The van der Waals surface area contributed by atoms with Crippen LogP contribution >= 0.6 is 0 Å². The molecule has 2 aliphatic heterocycles. The van der Waals surface area contributed by atoms with E-state index in [1.165, 1.54) is 13.5 Å². The second-order valence-corrected chi connectivity index (χ2v) is 12.0. The standard InChI is InChI=1S/C25H42N2O5/c1-24(2,3)14-25(4,5)26-21(28)20(15-10-8-7-9-11-15)27-16-12-13-17(27)19(23(31)32-6)18(16)22(29)30/h15-20H,7-14H2,1-6H3,(H,26,28)(H,29,30)/t16-,17+,18+,19+,20?/m0/s1. The molecule has 182 valence electrons. The largest absolute Gasteiger partial charge is 0.481 e. The van der Waals surface area contributed by atoms with Gasteiger partial charge in [-0.1, -0.05) is 40.0 Å². The summed E-state index contributed by atoms with van der Waals surface area (Å²) in [5.41, 5.74) is -0.316. The molecule has 32 heavy (non-hydrogen) atoms. The summed E-state index contributed by atoms with van der Waals surface area (Å²) in [4.78, 5) is 40.8. The van der Waals surface area contributed by atoms with Gasteiger partial charge in [-0.15, -0.1) is 0 Å². The Kier molecular flexibility index (Phi) is 7.28. The van der Waals surface area contributed by atoms with E-state index >= 15 is 0 Å². The number of carboxylic acid groups (broad SMARTS) is 1. The highest BCUT2D eigenvalue weighted by Crippen LogP contribution is 2.49. The fraction of sp³-hybridized carbons (Fsp3) is 0.880. The number of amides is 1. The third kappa shape index (κ3) is 5.13. The highest BCUT2D eigenvalue weighted by atomic mass is 16.5. The first-order valence-electron chi connectivity index (χ1n) is 12.3. The number of aliphatic carboxylic acids is 1. The number of ether oxygens (including phenoxy) is 1. The van der Waals surface area contributed by atoms with Crippen molar-refractivity contribution in [2.24, 2.45) is 23.2 Å². The van der Waals surface area contributed by atoms with E-state index in [9.17, 15) is 19.5 Å². The summed E-state index contributed by atoms with van der Waals surface area (Å²) in [5.74, 6) is -2.79. The van der Waals surface area contributed by atoms with Crippen LogP contribution in [0.5, 0.6) is 0 Å². The van der Waals surface area contributed by atoms with Gasteiger partial charge in [0.05, 0.1) is 25.0 Å². The van der Waals surface area contributed by atoms with Crippen molar-refractivity contribution < 1.29 is 24.2 Å². The van der Waals surface area contributed by atoms with Crippen LogP contribution in [0.2, 0.25) is 0 Å². The zero-order chi connectivity index (χ0) is 23.8. The Labute approximate surface area is 192 Å². The van der Waals surface area contributed by atoms with Crippen LogP contribution in [0.4, 0.5) is 0 Å². The summed E-state index contributed by atoms with van der Waals surface area (Å²) in [5, 5.41) is 13.3. The molecule has 1 amide bonds. The first kappa shape index (κ1) is 25.0. The van der Waals surface area contributed by atoms with Gasteiger partial charge in [0.2, 0.25) is 5.91 Å². The molecule has 5 atom stereocenters. The maximum absolute atomic E-state index is 13.9. The maximum Gasteiger partial charge on any atom is 0.311 e. The molecule has 0 spiro atoms. The van der Waals surface area contributed by atoms with Gasteiger partial charge in [0.1, 0.15) is 0 Å². The number of carbonyl (C=O) groups excluding carboxylic acids is 2. The van der Waals surface area contributed by atoms with E-state index < -0.39 is 29.8 Å². The molecule has 1 aliphatic carbocycles. The zero-order valence-electron chi connectivity index (χ0n) is 20.6. The smallest absolute Gasteiger partial charge is 0.311 e. The number of rotatable bonds is 7. The number of hydrogen-bond acceptors (Lipinski definition) is 5. The topological polar surface area (TPSA) is 95.9 Å². The number of esters is 1. The van der Waals surface area contributed by atoms with Crippen molar-refractivity contribution in [2.75, 3.05) is 7.11 Å². The van der Waals surface area contributed by atoms with Crippen LogP contribution in [-0.4, -0.2) is 58.6 Å². The van der Waals surface area contributed by atoms with Gasteiger partial charge in [0.25, 0.3) is 0 Å². The minimum atomic E-state index is -0.964. The molecule has 3 aliphatic rings. The lowest BCUT2D eigenvalue weighted by atomic mass is 9.79. The molecule has 7 heteroatoms. The molecule has 2 bridgehead atoms. The van der Waals surface area contributed by atoms with E-state index in [-0.39, 0.29) is 34.9 Å². The molecule has 0 aromatic rings. The number of methoxy groups -OCH3 is 1. The van der Waals surface area contributed by atoms with E-state index in [4.69, 9.17) is 4.74 Å². The predicted molar refractivity (Wildman–Crippen MR) is 122 cm³/mol. The Hall–Kier alpha value is -1.63. The lowest BCUT2D eigenvalue weighted by molar-refractivity contribution is -0.156. The van der Waals surface area contributed by atoms with Crippen LogP contribution in [0, 0.1) is 23.2 Å². The summed E-state index contributed by atoms with van der Waals surface area (Å²) in [6.07, 6.45) is 7.56. The summed E-state index contributed by atoms with van der Waals surface area (Å²) in [7, 11) is 1.32. The lowest BCUT2D eigenvalue weighted by Crippen LogP contribution is -2.58. The van der Waals surface area contributed by atoms with Crippen molar-refractivity contribution in [3.05, 3.63) is 0 Å². The van der Waals surface area contributed by atoms with Gasteiger partial charge < -0.3 is 15.2 Å². The Balaban J connectivity index is 1.93. The van der Waals surface area contributed by atoms with E-state index in [2.05, 4.69) is 44.8 Å². The van der Waals surface area contributed by atoms with Gasteiger partial charge >= 0.3 is 11.9 Å². The van der Waals surface area contributed by atoms with Crippen molar-refractivity contribution in [3.8, 4) is 0 Å². The number of fused-ring (bicyclic) bond motifs is 2. The van der Waals surface area contributed by atoms with E-state index in [0.717, 1.165) is 38.5 Å². The van der Waals surface area contributed by atoms with Gasteiger partial charge in [-0.25, -0.2) is 0 Å². The molecule has 0 aromatic heterocycles. The molecule has 1 saturated carbocycles. The van der Waals surface area contributed by atoms with Gasteiger partial charge in [0.15, 0.2) is 0 Å². The van der Waals surface area contributed by atoms with Crippen LogP contribution in [0.25, 0.3) is 0 Å². The summed E-state index contributed by atoms with van der Waals surface area (Å²) in [6.45, 7) is 10.6. The first-order valence-corrected chi connectivity index (χ1v) is 12.3. The molecular formula is C25H42N2O5.